The zero-order valence-corrected chi connectivity index (χ0v) is 16.1. The van der Waals surface area contributed by atoms with E-state index in [4.69, 9.17) is 14.6 Å². The van der Waals surface area contributed by atoms with Crippen molar-refractivity contribution in [2.45, 2.75) is 76.2 Å². The molecule has 0 N–H and O–H groups in total. The number of ether oxygens (including phenoxy) is 2. The molecule has 2 atom stereocenters. The zero-order valence-electron chi connectivity index (χ0n) is 16.1. The first-order valence-corrected chi connectivity index (χ1v) is 10.5. The lowest BCUT2D eigenvalue weighted by atomic mass is 9.59. The van der Waals surface area contributed by atoms with Gasteiger partial charge in [-0.05, 0) is 63.4 Å². The molecule has 3 aliphatic carbocycles. The first kappa shape index (κ1) is 16.3. The molecule has 3 saturated carbocycles. The molecule has 144 valence electrons. The summed E-state index contributed by atoms with van der Waals surface area (Å²) in [6.07, 6.45) is 12.4. The number of fused-ring (bicyclic) bond motifs is 4. The molecule has 0 spiro atoms. The minimum Gasteiger partial charge on any atom is -0.353 e. The van der Waals surface area contributed by atoms with Crippen molar-refractivity contribution in [1.29, 1.82) is 0 Å². The summed E-state index contributed by atoms with van der Waals surface area (Å²) in [7, 11) is 0. The second-order valence-corrected chi connectivity index (χ2v) is 9.37. The molecule has 4 heterocycles. The molecule has 2 aromatic rings. The topological polar surface area (TPSA) is 54.1 Å². The van der Waals surface area contributed by atoms with Crippen LogP contribution < -0.4 is 0 Å². The molecule has 27 heavy (non-hydrogen) atoms. The van der Waals surface area contributed by atoms with Crippen molar-refractivity contribution >= 4 is 0 Å². The molecule has 0 amide bonds. The monoisotopic (exact) mass is 368 g/mol. The van der Waals surface area contributed by atoms with Crippen LogP contribution in [0.2, 0.25) is 0 Å². The SMILES string of the molecule is C[C@H]1Cn2nc(C34CCC(COC5CCCCO5)(C3)C4)cc2-c2cncn21. The second-order valence-electron chi connectivity index (χ2n) is 9.37. The van der Waals surface area contributed by atoms with Crippen LogP contribution in [0.1, 0.15) is 63.6 Å². The van der Waals surface area contributed by atoms with E-state index in [2.05, 4.69) is 27.2 Å². The lowest BCUT2D eigenvalue weighted by molar-refractivity contribution is -0.186. The fourth-order valence-electron chi connectivity index (χ4n) is 6.05. The molecule has 6 nitrogen and oxygen atoms in total. The van der Waals surface area contributed by atoms with Crippen molar-refractivity contribution in [3.8, 4) is 11.4 Å². The average Bonchev–Trinajstić information content (AvgIpc) is 3.41. The highest BCUT2D eigenvalue weighted by Gasteiger charge is 2.62. The van der Waals surface area contributed by atoms with Gasteiger partial charge in [0.15, 0.2) is 6.29 Å². The molecule has 0 aromatic carbocycles. The van der Waals surface area contributed by atoms with Gasteiger partial charge >= 0.3 is 0 Å². The minimum atomic E-state index is 0.0328. The van der Waals surface area contributed by atoms with Gasteiger partial charge in [-0.15, -0.1) is 0 Å². The van der Waals surface area contributed by atoms with Crippen LogP contribution in [0, 0.1) is 5.41 Å². The summed E-state index contributed by atoms with van der Waals surface area (Å²) in [5.74, 6) is 0. The number of rotatable bonds is 4. The predicted octanol–water partition coefficient (Wildman–Crippen LogP) is 3.68. The molecule has 2 aliphatic heterocycles. The number of aromatic nitrogens is 4. The smallest absolute Gasteiger partial charge is 0.157 e. The summed E-state index contributed by atoms with van der Waals surface area (Å²) in [4.78, 5) is 4.36. The number of hydrogen-bond acceptors (Lipinski definition) is 4. The normalized spacial score (nSPS) is 36.9. The van der Waals surface area contributed by atoms with Crippen molar-refractivity contribution in [3.05, 3.63) is 24.3 Å². The average molecular weight is 368 g/mol. The molecule has 4 fully saturated rings. The Kier molecular flexibility index (Phi) is 3.43. The Labute approximate surface area is 159 Å². The molecule has 6 heteroatoms. The van der Waals surface area contributed by atoms with E-state index in [1.807, 2.05) is 12.5 Å². The number of imidazole rings is 1. The van der Waals surface area contributed by atoms with E-state index in [0.29, 0.717) is 11.5 Å². The Morgan fingerprint density at radius 3 is 3.04 bits per heavy atom. The Morgan fingerprint density at radius 1 is 1.26 bits per heavy atom. The number of nitrogens with zero attached hydrogens (tertiary/aromatic N) is 4. The van der Waals surface area contributed by atoms with E-state index in [-0.39, 0.29) is 11.7 Å². The third-order valence-electron chi connectivity index (χ3n) is 7.44. The summed E-state index contributed by atoms with van der Waals surface area (Å²) in [5.41, 5.74) is 4.35. The van der Waals surface area contributed by atoms with Crippen LogP contribution in [0.5, 0.6) is 0 Å². The Balaban J connectivity index is 1.19. The summed E-state index contributed by atoms with van der Waals surface area (Å²) >= 11 is 0. The molecule has 5 aliphatic rings. The van der Waals surface area contributed by atoms with Crippen LogP contribution in [0.15, 0.2) is 18.6 Å². The lowest BCUT2D eigenvalue weighted by Crippen LogP contribution is -2.44. The van der Waals surface area contributed by atoms with Crippen molar-refractivity contribution in [1.82, 2.24) is 19.3 Å². The Bertz CT molecular complexity index is 857. The van der Waals surface area contributed by atoms with E-state index in [0.717, 1.165) is 26.2 Å². The fraction of sp³-hybridized carbons (Fsp3) is 0.714. The maximum atomic E-state index is 6.16. The van der Waals surface area contributed by atoms with Gasteiger partial charge in [-0.1, -0.05) is 0 Å². The van der Waals surface area contributed by atoms with E-state index in [1.165, 1.54) is 55.6 Å². The molecule has 2 bridgehead atoms. The van der Waals surface area contributed by atoms with Crippen LogP contribution in [-0.2, 0) is 21.4 Å². The predicted molar refractivity (Wildman–Crippen MR) is 100 cm³/mol. The van der Waals surface area contributed by atoms with Crippen molar-refractivity contribution in [2.24, 2.45) is 5.41 Å². The summed E-state index contributed by atoms with van der Waals surface area (Å²) in [6, 6.07) is 2.74. The largest absolute Gasteiger partial charge is 0.353 e. The van der Waals surface area contributed by atoms with Gasteiger partial charge in [-0.3, -0.25) is 4.68 Å². The van der Waals surface area contributed by atoms with Crippen molar-refractivity contribution in [2.75, 3.05) is 13.2 Å². The van der Waals surface area contributed by atoms with Gasteiger partial charge in [0, 0.05) is 12.0 Å². The van der Waals surface area contributed by atoms with Gasteiger partial charge in [0.2, 0.25) is 0 Å². The van der Waals surface area contributed by atoms with E-state index < -0.39 is 0 Å². The van der Waals surface area contributed by atoms with Crippen LogP contribution in [-0.4, -0.2) is 38.8 Å². The minimum absolute atomic E-state index is 0.0328. The van der Waals surface area contributed by atoms with Gasteiger partial charge in [0.25, 0.3) is 0 Å². The van der Waals surface area contributed by atoms with E-state index in [9.17, 15) is 0 Å². The third-order valence-corrected chi connectivity index (χ3v) is 7.44. The van der Waals surface area contributed by atoms with Crippen LogP contribution in [0.25, 0.3) is 11.4 Å². The standard InChI is InChI=1S/C21H28N4O2/c1-15-10-25-16(17-9-22-14-24(15)17)8-18(23-25)21-6-5-20(11-21,12-21)13-27-19-4-2-3-7-26-19/h8-9,14-15,19H,2-7,10-13H2,1H3/t15-,19?,20?,21?/m0/s1. The third kappa shape index (κ3) is 2.39. The van der Waals surface area contributed by atoms with Gasteiger partial charge in [-0.25, -0.2) is 4.98 Å². The first-order valence-electron chi connectivity index (χ1n) is 10.5. The molecule has 7 rings (SSSR count). The number of hydrogen-bond donors (Lipinski definition) is 0. The van der Waals surface area contributed by atoms with Gasteiger partial charge in [0.1, 0.15) is 0 Å². The maximum absolute atomic E-state index is 6.16. The van der Waals surface area contributed by atoms with Gasteiger partial charge < -0.3 is 14.0 Å². The molecule has 1 saturated heterocycles. The van der Waals surface area contributed by atoms with Crippen molar-refractivity contribution in [3.63, 3.8) is 0 Å². The molecule has 1 unspecified atom stereocenters. The quantitative estimate of drug-likeness (QED) is 0.826. The van der Waals surface area contributed by atoms with Gasteiger partial charge in [0.05, 0.1) is 48.8 Å². The molecule has 2 aromatic heterocycles. The van der Waals surface area contributed by atoms with Crippen LogP contribution in [0.4, 0.5) is 0 Å². The highest BCUT2D eigenvalue weighted by Crippen LogP contribution is 2.67. The highest BCUT2D eigenvalue weighted by molar-refractivity contribution is 5.57. The summed E-state index contributed by atoms with van der Waals surface area (Å²) in [6.45, 7) is 4.89. The van der Waals surface area contributed by atoms with Crippen molar-refractivity contribution < 1.29 is 9.47 Å². The zero-order chi connectivity index (χ0) is 18.1. The summed E-state index contributed by atoms with van der Waals surface area (Å²) < 4.78 is 16.4. The molecule has 0 radical (unpaired) electrons. The van der Waals surface area contributed by atoms with E-state index in [1.54, 1.807) is 0 Å². The lowest BCUT2D eigenvalue weighted by Gasteiger charge is -2.47. The maximum Gasteiger partial charge on any atom is 0.157 e. The van der Waals surface area contributed by atoms with Crippen LogP contribution in [0.3, 0.4) is 0 Å². The molecular weight excluding hydrogens is 340 g/mol. The van der Waals surface area contributed by atoms with Gasteiger partial charge in [-0.2, -0.15) is 5.10 Å². The summed E-state index contributed by atoms with van der Waals surface area (Å²) in [5, 5.41) is 5.06. The fourth-order valence-corrected chi connectivity index (χ4v) is 6.05. The van der Waals surface area contributed by atoms with Crippen LogP contribution >= 0.6 is 0 Å². The first-order chi connectivity index (χ1) is 13.2. The second kappa shape index (κ2) is 5.67. The molecular formula is C21H28N4O2. The Morgan fingerprint density at radius 2 is 2.19 bits per heavy atom. The highest BCUT2D eigenvalue weighted by atomic mass is 16.7. The van der Waals surface area contributed by atoms with E-state index >= 15 is 0 Å². The Hall–Kier alpha value is -1.66.